The van der Waals surface area contributed by atoms with Crippen molar-refractivity contribution >= 4 is 11.7 Å². The molecule has 1 N–H and O–H groups in total. The zero-order valence-electron chi connectivity index (χ0n) is 9.05. The smallest absolute Gasteiger partial charge is 0.223 e. The van der Waals surface area contributed by atoms with Gasteiger partial charge in [-0.15, -0.1) is 0 Å². The van der Waals surface area contributed by atoms with Crippen LogP contribution in [0.4, 0.5) is 0 Å². The number of amidine groups is 1. The van der Waals surface area contributed by atoms with Gasteiger partial charge in [-0.2, -0.15) is 0 Å². The van der Waals surface area contributed by atoms with Gasteiger partial charge in [0.25, 0.3) is 0 Å². The molecule has 0 aromatic heterocycles. The highest BCUT2D eigenvalue weighted by Gasteiger charge is 2.15. The van der Waals surface area contributed by atoms with Gasteiger partial charge in [-0.25, -0.2) is 0 Å². The molecule has 1 aliphatic heterocycles. The zero-order valence-corrected chi connectivity index (χ0v) is 9.05. The van der Waals surface area contributed by atoms with Gasteiger partial charge in [0.2, 0.25) is 5.91 Å². The van der Waals surface area contributed by atoms with Crippen LogP contribution in [-0.4, -0.2) is 48.7 Å². The molecule has 4 nitrogen and oxygen atoms in total. The third-order valence-electron chi connectivity index (χ3n) is 2.57. The Hall–Kier alpha value is -1.06. The first-order valence-corrected chi connectivity index (χ1v) is 5.14. The van der Waals surface area contributed by atoms with Crippen molar-refractivity contribution in [3.8, 4) is 0 Å². The summed E-state index contributed by atoms with van der Waals surface area (Å²) in [6.07, 6.45) is 3.67. The van der Waals surface area contributed by atoms with Crippen LogP contribution in [0.1, 0.15) is 25.7 Å². The van der Waals surface area contributed by atoms with Crippen LogP contribution in [0.15, 0.2) is 0 Å². The third-order valence-corrected chi connectivity index (χ3v) is 2.57. The van der Waals surface area contributed by atoms with E-state index in [1.54, 1.807) is 19.0 Å². The summed E-state index contributed by atoms with van der Waals surface area (Å²) in [5.41, 5.74) is 0. The van der Waals surface area contributed by atoms with E-state index in [0.29, 0.717) is 18.8 Å². The lowest BCUT2D eigenvalue weighted by Gasteiger charge is -2.29. The number of piperidine rings is 1. The van der Waals surface area contributed by atoms with E-state index < -0.39 is 0 Å². The van der Waals surface area contributed by atoms with Gasteiger partial charge in [-0.05, 0) is 12.8 Å². The number of rotatable bonds is 3. The zero-order chi connectivity index (χ0) is 10.6. The average Bonchev–Trinajstić information content (AvgIpc) is 2.16. The summed E-state index contributed by atoms with van der Waals surface area (Å²) in [7, 11) is 3.54. The predicted octanol–water partition coefficient (Wildman–Crippen LogP) is 0.928. The minimum absolute atomic E-state index is 0.142. The Kier molecular flexibility index (Phi) is 3.92. The first kappa shape index (κ1) is 11.0. The number of hydrogen-bond acceptors (Lipinski definition) is 2. The monoisotopic (exact) mass is 197 g/mol. The van der Waals surface area contributed by atoms with Crippen LogP contribution in [0, 0.1) is 5.41 Å². The van der Waals surface area contributed by atoms with E-state index in [0.717, 1.165) is 25.8 Å². The Morgan fingerprint density at radius 2 is 2.21 bits per heavy atom. The van der Waals surface area contributed by atoms with E-state index >= 15 is 0 Å². The molecule has 0 spiro atoms. The molecule has 1 amide bonds. The summed E-state index contributed by atoms with van der Waals surface area (Å²) >= 11 is 0. The highest BCUT2D eigenvalue weighted by Crippen LogP contribution is 2.10. The van der Waals surface area contributed by atoms with E-state index in [4.69, 9.17) is 5.41 Å². The molecule has 0 unspecified atom stereocenters. The number of carbonyl (C=O) groups excluding carboxylic acids is 1. The molecule has 0 saturated carbocycles. The highest BCUT2D eigenvalue weighted by molar-refractivity contribution is 5.81. The molecule has 80 valence electrons. The molecule has 1 rings (SSSR count). The maximum Gasteiger partial charge on any atom is 0.223 e. The first-order chi connectivity index (χ1) is 6.61. The third kappa shape index (κ3) is 3.01. The van der Waals surface area contributed by atoms with Gasteiger partial charge in [-0.3, -0.25) is 10.2 Å². The van der Waals surface area contributed by atoms with Crippen LogP contribution in [0.3, 0.4) is 0 Å². The summed E-state index contributed by atoms with van der Waals surface area (Å²) in [6, 6.07) is 0. The first-order valence-electron chi connectivity index (χ1n) is 5.14. The van der Waals surface area contributed by atoms with Crippen molar-refractivity contribution in [1.82, 2.24) is 9.80 Å². The van der Waals surface area contributed by atoms with Gasteiger partial charge in [0.15, 0.2) is 0 Å². The van der Waals surface area contributed by atoms with E-state index in [9.17, 15) is 4.79 Å². The van der Waals surface area contributed by atoms with E-state index in [2.05, 4.69) is 0 Å². The van der Waals surface area contributed by atoms with Gasteiger partial charge in [0.1, 0.15) is 0 Å². The van der Waals surface area contributed by atoms with Crippen LogP contribution < -0.4 is 0 Å². The van der Waals surface area contributed by atoms with Crippen molar-refractivity contribution in [3.05, 3.63) is 0 Å². The SMILES string of the molecule is CN(C)C(=O)CCN1CCCCC1=N. The van der Waals surface area contributed by atoms with E-state index in [1.807, 2.05) is 4.90 Å². The maximum absolute atomic E-state index is 11.3. The fourth-order valence-electron chi connectivity index (χ4n) is 1.59. The molecule has 1 heterocycles. The van der Waals surface area contributed by atoms with Crippen molar-refractivity contribution in [3.63, 3.8) is 0 Å². The Labute approximate surface area is 85.4 Å². The Morgan fingerprint density at radius 3 is 2.79 bits per heavy atom. The molecule has 0 bridgehead atoms. The average molecular weight is 197 g/mol. The minimum Gasteiger partial charge on any atom is -0.360 e. The van der Waals surface area contributed by atoms with Crippen molar-refractivity contribution in [2.24, 2.45) is 0 Å². The van der Waals surface area contributed by atoms with Crippen LogP contribution in [-0.2, 0) is 4.79 Å². The van der Waals surface area contributed by atoms with Crippen LogP contribution in [0.25, 0.3) is 0 Å². The number of nitrogens with one attached hydrogen (secondary N) is 1. The van der Waals surface area contributed by atoms with Gasteiger partial charge in [-0.1, -0.05) is 0 Å². The van der Waals surface area contributed by atoms with Crippen molar-refractivity contribution in [2.75, 3.05) is 27.2 Å². The van der Waals surface area contributed by atoms with Crippen LogP contribution >= 0.6 is 0 Å². The van der Waals surface area contributed by atoms with Gasteiger partial charge in [0, 0.05) is 40.0 Å². The van der Waals surface area contributed by atoms with Gasteiger partial charge in [0.05, 0.1) is 5.84 Å². The maximum atomic E-state index is 11.3. The molecule has 0 aliphatic carbocycles. The summed E-state index contributed by atoms with van der Waals surface area (Å²) < 4.78 is 0. The summed E-state index contributed by atoms with van der Waals surface area (Å²) in [5.74, 6) is 0.839. The number of hydrogen-bond donors (Lipinski definition) is 1. The molecule has 0 aromatic rings. The number of likely N-dealkylation sites (tertiary alicyclic amines) is 1. The van der Waals surface area contributed by atoms with Crippen molar-refractivity contribution in [1.29, 1.82) is 5.41 Å². The number of amides is 1. The lowest BCUT2D eigenvalue weighted by Crippen LogP contribution is -2.37. The molecule has 0 aromatic carbocycles. The minimum atomic E-state index is 0.142. The fraction of sp³-hybridized carbons (Fsp3) is 0.800. The molecule has 1 fully saturated rings. The van der Waals surface area contributed by atoms with E-state index in [1.165, 1.54) is 0 Å². The normalized spacial score (nSPS) is 17.0. The predicted molar refractivity (Wildman–Crippen MR) is 56.5 cm³/mol. The standard InChI is InChI=1S/C10H19N3O/c1-12(2)10(14)6-8-13-7-4-3-5-9(13)11/h11H,3-8H2,1-2H3. The summed E-state index contributed by atoms with van der Waals surface area (Å²) in [6.45, 7) is 1.65. The van der Waals surface area contributed by atoms with Crippen molar-refractivity contribution in [2.45, 2.75) is 25.7 Å². The molecular weight excluding hydrogens is 178 g/mol. The molecule has 4 heteroatoms. The van der Waals surface area contributed by atoms with Crippen LogP contribution in [0.5, 0.6) is 0 Å². The highest BCUT2D eigenvalue weighted by atomic mass is 16.2. The van der Waals surface area contributed by atoms with Crippen molar-refractivity contribution < 1.29 is 4.79 Å². The largest absolute Gasteiger partial charge is 0.360 e. The summed E-state index contributed by atoms with van der Waals surface area (Å²) in [4.78, 5) is 14.9. The molecule has 0 atom stereocenters. The Bertz CT molecular complexity index is 225. The quantitative estimate of drug-likeness (QED) is 0.731. The molecule has 0 radical (unpaired) electrons. The Balaban J connectivity index is 2.29. The van der Waals surface area contributed by atoms with Crippen LogP contribution in [0.2, 0.25) is 0 Å². The van der Waals surface area contributed by atoms with Gasteiger partial charge >= 0.3 is 0 Å². The number of carbonyl (C=O) groups is 1. The fourth-order valence-corrected chi connectivity index (χ4v) is 1.59. The second-order valence-corrected chi connectivity index (χ2v) is 3.93. The second kappa shape index (κ2) is 4.98. The molecule has 1 saturated heterocycles. The lowest BCUT2D eigenvalue weighted by molar-refractivity contribution is -0.128. The molecule has 1 aliphatic rings. The second-order valence-electron chi connectivity index (χ2n) is 3.93. The summed E-state index contributed by atoms with van der Waals surface area (Å²) in [5, 5.41) is 7.70. The molecule has 14 heavy (non-hydrogen) atoms. The Morgan fingerprint density at radius 1 is 1.50 bits per heavy atom. The lowest BCUT2D eigenvalue weighted by atomic mass is 10.1. The number of nitrogens with zero attached hydrogens (tertiary/aromatic N) is 2. The van der Waals surface area contributed by atoms with E-state index in [-0.39, 0.29) is 5.91 Å². The molecular formula is C10H19N3O. The van der Waals surface area contributed by atoms with Gasteiger partial charge < -0.3 is 9.80 Å². The topological polar surface area (TPSA) is 47.4 Å².